The first-order valence-electron chi connectivity index (χ1n) is 5.45. The van der Waals surface area contributed by atoms with E-state index in [2.05, 4.69) is 12.3 Å². The SMILES string of the molecule is CCCCOCc1cccc(C(=O)NN)c1. The van der Waals surface area contributed by atoms with Crippen LogP contribution in [0.2, 0.25) is 0 Å². The second kappa shape index (κ2) is 6.98. The van der Waals surface area contributed by atoms with E-state index in [-0.39, 0.29) is 5.91 Å². The van der Waals surface area contributed by atoms with Crippen molar-refractivity contribution in [3.05, 3.63) is 35.4 Å². The number of carbonyl (C=O) groups excluding carboxylic acids is 1. The summed E-state index contributed by atoms with van der Waals surface area (Å²) in [6, 6.07) is 7.26. The summed E-state index contributed by atoms with van der Waals surface area (Å²) in [5.41, 5.74) is 3.64. The van der Waals surface area contributed by atoms with Crippen molar-refractivity contribution in [3.63, 3.8) is 0 Å². The molecule has 4 nitrogen and oxygen atoms in total. The van der Waals surface area contributed by atoms with Crippen LogP contribution in [0, 0.1) is 0 Å². The van der Waals surface area contributed by atoms with Crippen LogP contribution in [0.1, 0.15) is 35.7 Å². The predicted molar refractivity (Wildman–Crippen MR) is 62.7 cm³/mol. The molecular weight excluding hydrogens is 204 g/mol. The predicted octanol–water partition coefficient (Wildman–Crippen LogP) is 1.61. The molecule has 4 heteroatoms. The Morgan fingerprint density at radius 1 is 1.50 bits per heavy atom. The van der Waals surface area contributed by atoms with Crippen LogP contribution in [0.4, 0.5) is 0 Å². The maximum absolute atomic E-state index is 11.3. The molecule has 0 unspecified atom stereocenters. The van der Waals surface area contributed by atoms with Gasteiger partial charge in [-0.25, -0.2) is 5.84 Å². The molecule has 88 valence electrons. The number of nitrogens with one attached hydrogen (secondary N) is 1. The van der Waals surface area contributed by atoms with E-state index in [1.807, 2.05) is 12.1 Å². The number of amides is 1. The Balaban J connectivity index is 2.50. The van der Waals surface area contributed by atoms with Gasteiger partial charge in [-0.1, -0.05) is 25.5 Å². The van der Waals surface area contributed by atoms with E-state index < -0.39 is 0 Å². The van der Waals surface area contributed by atoms with Gasteiger partial charge in [0.15, 0.2) is 0 Å². The fraction of sp³-hybridized carbons (Fsp3) is 0.417. The van der Waals surface area contributed by atoms with E-state index in [1.54, 1.807) is 12.1 Å². The van der Waals surface area contributed by atoms with Gasteiger partial charge in [-0.15, -0.1) is 0 Å². The molecule has 0 heterocycles. The second-order valence-electron chi connectivity index (χ2n) is 3.58. The lowest BCUT2D eigenvalue weighted by Crippen LogP contribution is -2.29. The van der Waals surface area contributed by atoms with E-state index in [4.69, 9.17) is 10.6 Å². The molecule has 0 aliphatic heterocycles. The average molecular weight is 222 g/mol. The zero-order valence-electron chi connectivity index (χ0n) is 9.53. The molecule has 0 saturated heterocycles. The highest BCUT2D eigenvalue weighted by atomic mass is 16.5. The van der Waals surface area contributed by atoms with E-state index >= 15 is 0 Å². The molecule has 1 aromatic carbocycles. The summed E-state index contributed by atoms with van der Waals surface area (Å²) in [6.45, 7) is 3.41. The maximum Gasteiger partial charge on any atom is 0.265 e. The Bertz CT molecular complexity index is 340. The van der Waals surface area contributed by atoms with Crippen molar-refractivity contribution in [2.75, 3.05) is 6.61 Å². The van der Waals surface area contributed by atoms with Gasteiger partial charge in [0.25, 0.3) is 5.91 Å². The van der Waals surface area contributed by atoms with Crippen LogP contribution in [0.3, 0.4) is 0 Å². The number of hydrogen-bond acceptors (Lipinski definition) is 3. The summed E-state index contributed by atoms with van der Waals surface area (Å²) < 4.78 is 5.47. The third-order valence-electron chi connectivity index (χ3n) is 2.23. The topological polar surface area (TPSA) is 64.3 Å². The first-order valence-corrected chi connectivity index (χ1v) is 5.45. The number of rotatable bonds is 6. The lowest BCUT2D eigenvalue weighted by molar-refractivity contribution is 0.0952. The summed E-state index contributed by atoms with van der Waals surface area (Å²) in [6.07, 6.45) is 2.18. The van der Waals surface area contributed by atoms with Gasteiger partial charge in [-0.3, -0.25) is 10.2 Å². The van der Waals surface area contributed by atoms with Gasteiger partial charge in [0.1, 0.15) is 0 Å². The van der Waals surface area contributed by atoms with Gasteiger partial charge in [-0.05, 0) is 24.1 Å². The highest BCUT2D eigenvalue weighted by Gasteiger charge is 2.03. The molecule has 0 saturated carbocycles. The van der Waals surface area contributed by atoms with E-state index in [0.29, 0.717) is 12.2 Å². The molecule has 3 N–H and O–H groups in total. The molecule has 1 rings (SSSR count). The van der Waals surface area contributed by atoms with Gasteiger partial charge in [-0.2, -0.15) is 0 Å². The zero-order chi connectivity index (χ0) is 11.8. The van der Waals surface area contributed by atoms with Gasteiger partial charge < -0.3 is 4.74 Å². The fourth-order valence-electron chi connectivity index (χ4n) is 1.32. The van der Waals surface area contributed by atoms with E-state index in [1.165, 1.54) is 0 Å². The van der Waals surface area contributed by atoms with Crippen LogP contribution in [0.15, 0.2) is 24.3 Å². The maximum atomic E-state index is 11.3. The van der Waals surface area contributed by atoms with Crippen molar-refractivity contribution in [1.82, 2.24) is 5.43 Å². The summed E-state index contributed by atoms with van der Waals surface area (Å²) in [5, 5.41) is 0. The normalized spacial score (nSPS) is 10.1. The summed E-state index contributed by atoms with van der Waals surface area (Å²) in [7, 11) is 0. The largest absolute Gasteiger partial charge is 0.377 e. The highest BCUT2D eigenvalue weighted by Crippen LogP contribution is 2.06. The summed E-state index contributed by atoms with van der Waals surface area (Å²) in [5.74, 6) is 4.78. The fourth-order valence-corrected chi connectivity index (χ4v) is 1.32. The van der Waals surface area contributed by atoms with E-state index in [0.717, 1.165) is 25.0 Å². The number of nitrogen functional groups attached to an aromatic ring is 1. The van der Waals surface area contributed by atoms with Gasteiger partial charge in [0.2, 0.25) is 0 Å². The van der Waals surface area contributed by atoms with Gasteiger partial charge in [0.05, 0.1) is 6.61 Å². The zero-order valence-corrected chi connectivity index (χ0v) is 9.53. The lowest BCUT2D eigenvalue weighted by Gasteiger charge is -2.05. The lowest BCUT2D eigenvalue weighted by atomic mass is 10.1. The Morgan fingerprint density at radius 3 is 3.00 bits per heavy atom. The van der Waals surface area contributed by atoms with E-state index in [9.17, 15) is 4.79 Å². The van der Waals surface area contributed by atoms with Crippen molar-refractivity contribution in [2.45, 2.75) is 26.4 Å². The number of benzene rings is 1. The molecular formula is C12H18N2O2. The first kappa shape index (κ1) is 12.7. The van der Waals surface area contributed by atoms with Crippen LogP contribution in [-0.4, -0.2) is 12.5 Å². The molecule has 1 amide bonds. The van der Waals surface area contributed by atoms with Crippen molar-refractivity contribution in [2.24, 2.45) is 5.84 Å². The molecule has 0 aromatic heterocycles. The molecule has 0 radical (unpaired) electrons. The Labute approximate surface area is 95.8 Å². The summed E-state index contributed by atoms with van der Waals surface area (Å²) >= 11 is 0. The number of hydrogen-bond donors (Lipinski definition) is 2. The van der Waals surface area contributed by atoms with Crippen LogP contribution in [0.25, 0.3) is 0 Å². The molecule has 16 heavy (non-hydrogen) atoms. The number of unbranched alkanes of at least 4 members (excludes halogenated alkanes) is 1. The molecule has 0 fully saturated rings. The Morgan fingerprint density at radius 2 is 2.31 bits per heavy atom. The Hall–Kier alpha value is -1.39. The molecule has 0 bridgehead atoms. The van der Waals surface area contributed by atoms with Crippen LogP contribution in [-0.2, 0) is 11.3 Å². The Kier molecular flexibility index (Phi) is 5.53. The number of ether oxygens (including phenoxy) is 1. The van der Waals surface area contributed by atoms with Gasteiger partial charge in [0, 0.05) is 12.2 Å². The summed E-state index contributed by atoms with van der Waals surface area (Å²) in [4.78, 5) is 11.3. The minimum absolute atomic E-state index is 0.282. The van der Waals surface area contributed by atoms with Crippen LogP contribution < -0.4 is 11.3 Å². The molecule has 0 atom stereocenters. The number of carbonyl (C=O) groups is 1. The third kappa shape index (κ3) is 4.00. The molecule has 0 aliphatic rings. The first-order chi connectivity index (χ1) is 7.77. The third-order valence-corrected chi connectivity index (χ3v) is 2.23. The minimum Gasteiger partial charge on any atom is -0.377 e. The monoisotopic (exact) mass is 222 g/mol. The quantitative estimate of drug-likeness (QED) is 0.332. The highest BCUT2D eigenvalue weighted by molar-refractivity contribution is 5.93. The molecule has 0 spiro atoms. The number of nitrogens with two attached hydrogens (primary N) is 1. The number of hydrazine groups is 1. The smallest absolute Gasteiger partial charge is 0.265 e. The second-order valence-corrected chi connectivity index (χ2v) is 3.58. The van der Waals surface area contributed by atoms with Gasteiger partial charge >= 0.3 is 0 Å². The minimum atomic E-state index is -0.282. The van der Waals surface area contributed by atoms with Crippen molar-refractivity contribution < 1.29 is 9.53 Å². The average Bonchev–Trinajstić information content (AvgIpc) is 2.34. The molecule has 1 aromatic rings. The molecule has 0 aliphatic carbocycles. The van der Waals surface area contributed by atoms with Crippen molar-refractivity contribution >= 4 is 5.91 Å². The standard InChI is InChI=1S/C12H18N2O2/c1-2-3-7-16-9-10-5-4-6-11(8-10)12(15)14-13/h4-6,8H,2-3,7,9,13H2,1H3,(H,14,15). The van der Waals surface area contributed by atoms with Crippen LogP contribution >= 0.6 is 0 Å². The van der Waals surface area contributed by atoms with Crippen LogP contribution in [0.5, 0.6) is 0 Å². The van der Waals surface area contributed by atoms with Crippen molar-refractivity contribution in [3.8, 4) is 0 Å². The van der Waals surface area contributed by atoms with Crippen molar-refractivity contribution in [1.29, 1.82) is 0 Å².